The number of rotatable bonds is 4. The summed E-state index contributed by atoms with van der Waals surface area (Å²) in [5, 5.41) is 12.4. The third kappa shape index (κ3) is 3.52. The van der Waals surface area contributed by atoms with Gasteiger partial charge in [0.05, 0.1) is 17.9 Å². The van der Waals surface area contributed by atoms with Crippen LogP contribution >= 0.6 is 0 Å². The normalized spacial score (nSPS) is 11.9. The van der Waals surface area contributed by atoms with E-state index in [1.54, 1.807) is 24.3 Å². The lowest BCUT2D eigenvalue weighted by Crippen LogP contribution is -2.28. The number of hydrogen-bond acceptors (Lipinski definition) is 4. The van der Waals surface area contributed by atoms with Crippen molar-refractivity contribution in [1.29, 1.82) is 0 Å². The minimum atomic E-state index is -0.860. The summed E-state index contributed by atoms with van der Waals surface area (Å²) in [4.78, 5) is 15.3. The molecule has 20 heavy (non-hydrogen) atoms. The van der Waals surface area contributed by atoms with Crippen LogP contribution in [0.4, 0.5) is 10.1 Å². The van der Waals surface area contributed by atoms with E-state index in [9.17, 15) is 14.3 Å². The number of pyridine rings is 1. The fourth-order valence-electron chi connectivity index (χ4n) is 1.66. The topological polar surface area (TPSA) is 88.2 Å². The lowest BCUT2D eigenvalue weighted by Gasteiger charge is -2.12. The molecule has 0 spiro atoms. The first-order valence-electron chi connectivity index (χ1n) is 5.98. The monoisotopic (exact) mass is 275 g/mol. The molecule has 0 aliphatic heterocycles. The van der Waals surface area contributed by atoms with E-state index in [0.29, 0.717) is 11.3 Å². The summed E-state index contributed by atoms with van der Waals surface area (Å²) in [6, 6.07) is 7.76. The molecule has 0 saturated heterocycles. The standard InChI is InChI=1S/C14H14FN3O2/c15-11-5-10(6-17-7-11)14(20)18-8-13(19)9-1-3-12(16)4-2-9/h1-7,13,19H,8,16H2,(H,18,20). The SMILES string of the molecule is Nc1ccc(C(O)CNC(=O)c2cncc(F)c2)cc1. The number of nitrogens with one attached hydrogen (secondary N) is 1. The molecular weight excluding hydrogens is 261 g/mol. The zero-order chi connectivity index (χ0) is 14.5. The van der Waals surface area contributed by atoms with Crippen molar-refractivity contribution in [1.82, 2.24) is 10.3 Å². The Labute approximate surface area is 115 Å². The Morgan fingerprint density at radius 1 is 1.35 bits per heavy atom. The molecule has 1 unspecified atom stereocenters. The molecule has 5 nitrogen and oxygen atoms in total. The van der Waals surface area contributed by atoms with Gasteiger partial charge in [-0.25, -0.2) is 4.39 Å². The maximum Gasteiger partial charge on any atom is 0.253 e. The zero-order valence-electron chi connectivity index (χ0n) is 10.6. The summed E-state index contributed by atoms with van der Waals surface area (Å²) in [6.45, 7) is 0.0132. The van der Waals surface area contributed by atoms with Crippen molar-refractivity contribution in [3.63, 3.8) is 0 Å². The number of anilines is 1. The highest BCUT2D eigenvalue weighted by Gasteiger charge is 2.11. The highest BCUT2D eigenvalue weighted by atomic mass is 19.1. The molecule has 4 N–H and O–H groups in total. The molecule has 1 heterocycles. The van der Waals surface area contributed by atoms with Crippen molar-refractivity contribution < 1.29 is 14.3 Å². The first-order chi connectivity index (χ1) is 9.56. The Morgan fingerprint density at radius 3 is 2.70 bits per heavy atom. The number of carbonyl (C=O) groups excluding carboxylic acids is 1. The van der Waals surface area contributed by atoms with Crippen LogP contribution in [0.2, 0.25) is 0 Å². The van der Waals surface area contributed by atoms with Gasteiger partial charge >= 0.3 is 0 Å². The number of nitrogens with two attached hydrogens (primary N) is 1. The van der Waals surface area contributed by atoms with Crippen molar-refractivity contribution in [2.24, 2.45) is 0 Å². The van der Waals surface area contributed by atoms with Crippen LogP contribution in [0, 0.1) is 5.82 Å². The number of nitrogens with zero attached hydrogens (tertiary/aromatic N) is 1. The average Bonchev–Trinajstić information content (AvgIpc) is 2.45. The number of aliphatic hydroxyl groups excluding tert-OH is 1. The van der Waals surface area contributed by atoms with Gasteiger partial charge in [0.2, 0.25) is 0 Å². The van der Waals surface area contributed by atoms with Crippen molar-refractivity contribution >= 4 is 11.6 Å². The third-order valence-electron chi connectivity index (χ3n) is 2.74. The average molecular weight is 275 g/mol. The molecule has 0 saturated carbocycles. The molecule has 2 rings (SSSR count). The van der Waals surface area contributed by atoms with E-state index < -0.39 is 17.8 Å². The number of aliphatic hydroxyl groups is 1. The van der Waals surface area contributed by atoms with Gasteiger partial charge in [-0.15, -0.1) is 0 Å². The Bertz CT molecular complexity index is 602. The Balaban J connectivity index is 1.94. The van der Waals surface area contributed by atoms with Gasteiger partial charge in [0, 0.05) is 18.4 Å². The van der Waals surface area contributed by atoms with E-state index in [2.05, 4.69) is 10.3 Å². The first kappa shape index (κ1) is 14.0. The van der Waals surface area contributed by atoms with Gasteiger partial charge in [-0.3, -0.25) is 9.78 Å². The van der Waals surface area contributed by atoms with Gasteiger partial charge in [0.15, 0.2) is 0 Å². The molecule has 1 amide bonds. The second-order valence-corrected chi connectivity index (χ2v) is 4.28. The minimum Gasteiger partial charge on any atom is -0.399 e. The highest BCUT2D eigenvalue weighted by Crippen LogP contribution is 2.14. The number of hydrogen-bond donors (Lipinski definition) is 3. The van der Waals surface area contributed by atoms with Crippen LogP contribution < -0.4 is 11.1 Å². The van der Waals surface area contributed by atoms with Gasteiger partial charge in [-0.2, -0.15) is 0 Å². The van der Waals surface area contributed by atoms with Gasteiger partial charge in [-0.05, 0) is 23.8 Å². The number of halogens is 1. The summed E-state index contributed by atoms with van der Waals surface area (Å²) in [5.41, 5.74) is 6.88. The molecule has 0 bridgehead atoms. The van der Waals surface area contributed by atoms with E-state index in [4.69, 9.17) is 5.73 Å². The molecule has 104 valence electrons. The second kappa shape index (κ2) is 6.12. The summed E-state index contributed by atoms with van der Waals surface area (Å²) in [7, 11) is 0. The Hall–Kier alpha value is -2.47. The van der Waals surface area contributed by atoms with Crippen molar-refractivity contribution in [3.8, 4) is 0 Å². The van der Waals surface area contributed by atoms with Crippen LogP contribution in [0.25, 0.3) is 0 Å². The Morgan fingerprint density at radius 2 is 2.05 bits per heavy atom. The molecule has 0 radical (unpaired) electrons. The van der Waals surface area contributed by atoms with Gasteiger partial charge in [0.1, 0.15) is 5.82 Å². The van der Waals surface area contributed by atoms with Gasteiger partial charge in [0.25, 0.3) is 5.91 Å². The predicted molar refractivity (Wildman–Crippen MR) is 72.3 cm³/mol. The molecule has 2 aromatic rings. The smallest absolute Gasteiger partial charge is 0.253 e. The van der Waals surface area contributed by atoms with Crippen LogP contribution in [-0.4, -0.2) is 22.5 Å². The van der Waals surface area contributed by atoms with Crippen LogP contribution in [0.1, 0.15) is 22.0 Å². The molecule has 1 aromatic heterocycles. The Kier molecular flexibility index (Phi) is 4.27. The number of carbonyl (C=O) groups is 1. The maximum absolute atomic E-state index is 12.9. The molecule has 0 fully saturated rings. The van der Waals surface area contributed by atoms with Crippen molar-refractivity contribution in [2.45, 2.75) is 6.10 Å². The lowest BCUT2D eigenvalue weighted by atomic mass is 10.1. The number of nitrogen functional groups attached to an aromatic ring is 1. The van der Waals surface area contributed by atoms with Crippen LogP contribution in [-0.2, 0) is 0 Å². The number of amides is 1. The second-order valence-electron chi connectivity index (χ2n) is 4.28. The molecule has 1 atom stereocenters. The number of benzene rings is 1. The van der Waals surface area contributed by atoms with E-state index in [0.717, 1.165) is 12.3 Å². The lowest BCUT2D eigenvalue weighted by molar-refractivity contribution is 0.0915. The molecule has 1 aromatic carbocycles. The molecule has 6 heteroatoms. The maximum atomic E-state index is 12.9. The highest BCUT2D eigenvalue weighted by molar-refractivity contribution is 5.93. The summed E-state index contributed by atoms with van der Waals surface area (Å²) in [6.07, 6.45) is 1.41. The van der Waals surface area contributed by atoms with Crippen LogP contribution in [0.3, 0.4) is 0 Å². The van der Waals surface area contributed by atoms with Gasteiger partial charge in [-0.1, -0.05) is 12.1 Å². The van der Waals surface area contributed by atoms with E-state index in [1.807, 2.05) is 0 Å². The van der Waals surface area contributed by atoms with E-state index in [-0.39, 0.29) is 12.1 Å². The molecule has 0 aliphatic rings. The predicted octanol–water partition coefficient (Wildman–Crippen LogP) is 1.27. The summed E-state index contributed by atoms with van der Waals surface area (Å²) < 4.78 is 12.9. The quantitative estimate of drug-likeness (QED) is 0.733. The van der Waals surface area contributed by atoms with Crippen molar-refractivity contribution in [2.75, 3.05) is 12.3 Å². The largest absolute Gasteiger partial charge is 0.399 e. The van der Waals surface area contributed by atoms with Gasteiger partial charge < -0.3 is 16.2 Å². The van der Waals surface area contributed by atoms with E-state index >= 15 is 0 Å². The van der Waals surface area contributed by atoms with E-state index in [1.165, 1.54) is 6.20 Å². The van der Waals surface area contributed by atoms with Crippen LogP contribution in [0.5, 0.6) is 0 Å². The minimum absolute atomic E-state index is 0.0132. The zero-order valence-corrected chi connectivity index (χ0v) is 10.6. The molecular formula is C14H14FN3O2. The first-order valence-corrected chi connectivity index (χ1v) is 5.98. The summed E-state index contributed by atoms with van der Waals surface area (Å²) in [5.74, 6) is -1.08. The number of aromatic nitrogens is 1. The fourth-order valence-corrected chi connectivity index (χ4v) is 1.66. The molecule has 0 aliphatic carbocycles. The third-order valence-corrected chi connectivity index (χ3v) is 2.74. The fraction of sp³-hybridized carbons (Fsp3) is 0.143. The van der Waals surface area contributed by atoms with Crippen LogP contribution in [0.15, 0.2) is 42.7 Å². The summed E-state index contributed by atoms with van der Waals surface area (Å²) >= 11 is 0. The van der Waals surface area contributed by atoms with Crippen molar-refractivity contribution in [3.05, 3.63) is 59.7 Å².